The first-order valence-corrected chi connectivity index (χ1v) is 7.18. The smallest absolute Gasteiger partial charge is 0.137 e. The molecule has 1 heterocycles. The molecular weight excluding hydrogens is 260 g/mol. The van der Waals surface area contributed by atoms with Crippen molar-refractivity contribution in [2.75, 3.05) is 0 Å². The Bertz CT molecular complexity index is 773. The number of rotatable bonds is 5. The van der Waals surface area contributed by atoms with E-state index in [1.807, 2.05) is 36.0 Å². The minimum absolute atomic E-state index is 0.270. The number of carbonyl (C=O) groups is 1. The second-order valence-corrected chi connectivity index (χ2v) is 5.34. The number of aromatic nitrogens is 2. The van der Waals surface area contributed by atoms with Crippen LogP contribution in [0.1, 0.15) is 17.7 Å². The van der Waals surface area contributed by atoms with Gasteiger partial charge in [-0.15, -0.1) is 0 Å². The van der Waals surface area contributed by atoms with Gasteiger partial charge in [0.1, 0.15) is 5.78 Å². The van der Waals surface area contributed by atoms with E-state index in [9.17, 15) is 4.79 Å². The largest absolute Gasteiger partial charge is 0.299 e. The van der Waals surface area contributed by atoms with Crippen LogP contribution in [0.4, 0.5) is 0 Å². The van der Waals surface area contributed by atoms with Crippen LogP contribution in [0.5, 0.6) is 0 Å². The SMILES string of the molecule is Cn1nccc1CCC(=O)Cc1ccc2ccccc2c1. The fourth-order valence-corrected chi connectivity index (χ4v) is 2.58. The Hall–Kier alpha value is -2.42. The summed E-state index contributed by atoms with van der Waals surface area (Å²) in [5.74, 6) is 0.270. The molecule has 3 aromatic rings. The Balaban J connectivity index is 1.64. The minimum Gasteiger partial charge on any atom is -0.299 e. The highest BCUT2D eigenvalue weighted by molar-refractivity contribution is 5.86. The normalized spacial score (nSPS) is 10.9. The van der Waals surface area contributed by atoms with Crippen molar-refractivity contribution in [1.82, 2.24) is 9.78 Å². The van der Waals surface area contributed by atoms with Gasteiger partial charge in [-0.05, 0) is 28.8 Å². The molecule has 0 amide bonds. The number of carbonyl (C=O) groups excluding carboxylic acids is 1. The Morgan fingerprint density at radius 1 is 1.10 bits per heavy atom. The third kappa shape index (κ3) is 3.19. The van der Waals surface area contributed by atoms with Crippen LogP contribution in [-0.4, -0.2) is 15.6 Å². The van der Waals surface area contributed by atoms with Crippen LogP contribution in [-0.2, 0) is 24.7 Å². The first-order valence-electron chi connectivity index (χ1n) is 7.18. The number of Topliss-reactive ketones (excluding diaryl/α,β-unsaturated/α-hetero) is 1. The molecule has 0 fully saturated rings. The Morgan fingerprint density at radius 3 is 2.67 bits per heavy atom. The summed E-state index contributed by atoms with van der Waals surface area (Å²) >= 11 is 0. The van der Waals surface area contributed by atoms with Gasteiger partial charge in [0.15, 0.2) is 0 Å². The van der Waals surface area contributed by atoms with Crippen molar-refractivity contribution in [1.29, 1.82) is 0 Å². The van der Waals surface area contributed by atoms with Crippen LogP contribution in [0.2, 0.25) is 0 Å². The maximum Gasteiger partial charge on any atom is 0.137 e. The zero-order valence-corrected chi connectivity index (χ0v) is 12.1. The lowest BCUT2D eigenvalue weighted by Crippen LogP contribution is -2.06. The Labute approximate surface area is 124 Å². The van der Waals surface area contributed by atoms with Crippen molar-refractivity contribution < 1.29 is 4.79 Å². The lowest BCUT2D eigenvalue weighted by Gasteiger charge is -2.04. The van der Waals surface area contributed by atoms with Gasteiger partial charge in [-0.3, -0.25) is 9.48 Å². The number of nitrogens with zero attached hydrogens (tertiary/aromatic N) is 2. The Kier molecular flexibility index (Phi) is 3.82. The molecule has 0 saturated heterocycles. The van der Waals surface area contributed by atoms with Crippen LogP contribution in [0.3, 0.4) is 0 Å². The van der Waals surface area contributed by atoms with E-state index in [1.54, 1.807) is 6.20 Å². The summed E-state index contributed by atoms with van der Waals surface area (Å²) in [5, 5.41) is 6.52. The number of hydrogen-bond donors (Lipinski definition) is 0. The number of hydrogen-bond acceptors (Lipinski definition) is 2. The fraction of sp³-hybridized carbons (Fsp3) is 0.222. The summed E-state index contributed by atoms with van der Waals surface area (Å²) in [4.78, 5) is 12.1. The van der Waals surface area contributed by atoms with Gasteiger partial charge in [0.05, 0.1) is 0 Å². The zero-order valence-electron chi connectivity index (χ0n) is 12.1. The van der Waals surface area contributed by atoms with Crippen molar-refractivity contribution >= 4 is 16.6 Å². The predicted octanol–water partition coefficient (Wildman–Crippen LogP) is 3.32. The van der Waals surface area contributed by atoms with E-state index >= 15 is 0 Å². The summed E-state index contributed by atoms with van der Waals surface area (Å²) in [6.45, 7) is 0. The molecule has 0 saturated carbocycles. The third-order valence-corrected chi connectivity index (χ3v) is 3.80. The fourth-order valence-electron chi connectivity index (χ4n) is 2.58. The molecule has 0 aliphatic heterocycles. The summed E-state index contributed by atoms with van der Waals surface area (Å²) in [6.07, 6.45) is 3.58. The maximum atomic E-state index is 12.1. The average molecular weight is 278 g/mol. The summed E-state index contributed by atoms with van der Waals surface area (Å²) < 4.78 is 1.82. The highest BCUT2D eigenvalue weighted by Crippen LogP contribution is 2.16. The van der Waals surface area contributed by atoms with Gasteiger partial charge in [0.25, 0.3) is 0 Å². The second kappa shape index (κ2) is 5.92. The van der Waals surface area contributed by atoms with Crippen molar-refractivity contribution in [2.45, 2.75) is 19.3 Å². The molecule has 106 valence electrons. The summed E-state index contributed by atoms with van der Waals surface area (Å²) in [7, 11) is 1.91. The van der Waals surface area contributed by atoms with Gasteiger partial charge >= 0.3 is 0 Å². The highest BCUT2D eigenvalue weighted by atomic mass is 16.1. The van der Waals surface area contributed by atoms with Gasteiger partial charge in [0, 0.05) is 31.8 Å². The van der Waals surface area contributed by atoms with Gasteiger partial charge in [-0.1, -0.05) is 42.5 Å². The summed E-state index contributed by atoms with van der Waals surface area (Å²) in [5.41, 5.74) is 2.19. The molecule has 0 atom stereocenters. The highest BCUT2D eigenvalue weighted by Gasteiger charge is 2.07. The Morgan fingerprint density at radius 2 is 1.90 bits per heavy atom. The number of aryl methyl sites for hydroxylation is 2. The van der Waals surface area contributed by atoms with E-state index in [2.05, 4.69) is 29.4 Å². The molecule has 0 unspecified atom stereocenters. The number of benzene rings is 2. The molecule has 0 aliphatic rings. The topological polar surface area (TPSA) is 34.9 Å². The molecule has 3 heteroatoms. The van der Waals surface area contributed by atoms with Gasteiger partial charge in [-0.25, -0.2) is 0 Å². The van der Waals surface area contributed by atoms with E-state index in [4.69, 9.17) is 0 Å². The van der Waals surface area contributed by atoms with Crippen molar-refractivity contribution in [3.63, 3.8) is 0 Å². The first-order chi connectivity index (χ1) is 10.2. The molecule has 1 aromatic heterocycles. The molecule has 0 spiro atoms. The van der Waals surface area contributed by atoms with Crippen molar-refractivity contribution in [3.8, 4) is 0 Å². The predicted molar refractivity (Wildman–Crippen MR) is 84.2 cm³/mol. The van der Waals surface area contributed by atoms with E-state index in [0.29, 0.717) is 12.8 Å². The van der Waals surface area contributed by atoms with E-state index in [0.717, 1.165) is 17.7 Å². The van der Waals surface area contributed by atoms with Crippen LogP contribution in [0, 0.1) is 0 Å². The quantitative estimate of drug-likeness (QED) is 0.717. The molecular formula is C18H18N2O. The second-order valence-electron chi connectivity index (χ2n) is 5.34. The summed E-state index contributed by atoms with van der Waals surface area (Å²) in [6, 6.07) is 16.4. The average Bonchev–Trinajstić information content (AvgIpc) is 2.90. The molecule has 0 bridgehead atoms. The molecule has 0 N–H and O–H groups in total. The van der Waals surface area contributed by atoms with E-state index < -0.39 is 0 Å². The molecule has 0 radical (unpaired) electrons. The minimum atomic E-state index is 0.270. The van der Waals surface area contributed by atoms with Crippen LogP contribution in [0.15, 0.2) is 54.7 Å². The van der Waals surface area contributed by atoms with Crippen molar-refractivity contribution in [2.24, 2.45) is 7.05 Å². The monoisotopic (exact) mass is 278 g/mol. The molecule has 0 aliphatic carbocycles. The lowest BCUT2D eigenvalue weighted by atomic mass is 10.0. The molecule has 3 nitrogen and oxygen atoms in total. The maximum absolute atomic E-state index is 12.1. The molecule has 2 aromatic carbocycles. The number of ketones is 1. The van der Waals surface area contributed by atoms with Gasteiger partial charge < -0.3 is 0 Å². The standard InChI is InChI=1S/C18H18N2O/c1-20-17(10-11-19-20)8-9-18(21)13-14-6-7-15-4-2-3-5-16(15)12-14/h2-7,10-12H,8-9,13H2,1H3. The van der Waals surface area contributed by atoms with Crippen LogP contribution in [0.25, 0.3) is 10.8 Å². The molecule has 3 rings (SSSR count). The molecule has 21 heavy (non-hydrogen) atoms. The first kappa shape index (κ1) is 13.6. The zero-order chi connectivity index (χ0) is 14.7. The van der Waals surface area contributed by atoms with E-state index in [1.165, 1.54) is 10.8 Å². The van der Waals surface area contributed by atoms with Crippen LogP contribution >= 0.6 is 0 Å². The number of fused-ring (bicyclic) bond motifs is 1. The van der Waals surface area contributed by atoms with Crippen molar-refractivity contribution in [3.05, 3.63) is 66.0 Å². The lowest BCUT2D eigenvalue weighted by molar-refractivity contribution is -0.118. The van der Waals surface area contributed by atoms with Gasteiger partial charge in [-0.2, -0.15) is 5.10 Å². The van der Waals surface area contributed by atoms with Gasteiger partial charge in [0.2, 0.25) is 0 Å². The van der Waals surface area contributed by atoms with Crippen LogP contribution < -0.4 is 0 Å². The van der Waals surface area contributed by atoms with E-state index in [-0.39, 0.29) is 5.78 Å². The third-order valence-electron chi connectivity index (χ3n) is 3.80.